The van der Waals surface area contributed by atoms with Gasteiger partial charge in [0, 0.05) is 62.9 Å². The van der Waals surface area contributed by atoms with E-state index in [1.165, 1.54) is 23.7 Å². The molecule has 0 radical (unpaired) electrons. The topological polar surface area (TPSA) is 63.6 Å². The van der Waals surface area contributed by atoms with E-state index in [0.717, 1.165) is 37.5 Å². The summed E-state index contributed by atoms with van der Waals surface area (Å²) >= 11 is 0. The average molecular weight is 396 g/mol. The zero-order valence-corrected chi connectivity index (χ0v) is 16.8. The van der Waals surface area contributed by atoms with E-state index in [2.05, 4.69) is 40.3 Å². The first kappa shape index (κ1) is 18.5. The predicted molar refractivity (Wildman–Crippen MR) is 111 cm³/mol. The predicted octanol–water partition coefficient (Wildman–Crippen LogP) is 2.95. The maximum Gasteiger partial charge on any atom is 0.226 e. The molecule has 2 aromatic rings. The van der Waals surface area contributed by atoms with Gasteiger partial charge in [-0.15, -0.1) is 0 Å². The molecule has 3 aliphatic rings. The van der Waals surface area contributed by atoms with Crippen molar-refractivity contribution in [1.82, 2.24) is 14.8 Å². The highest BCUT2D eigenvalue weighted by Crippen LogP contribution is 2.34. The number of nitrogens with one attached hydrogen (secondary N) is 1. The molecule has 2 aliphatic heterocycles. The van der Waals surface area contributed by atoms with E-state index in [4.69, 9.17) is 4.74 Å². The van der Waals surface area contributed by atoms with Crippen LogP contribution in [0.5, 0.6) is 5.75 Å². The number of hydrogen-bond donors (Lipinski definition) is 1. The number of fused-ring (bicyclic) bond motifs is 1. The van der Waals surface area contributed by atoms with Crippen molar-refractivity contribution in [3.63, 3.8) is 0 Å². The van der Waals surface area contributed by atoms with Crippen LogP contribution in [0.2, 0.25) is 0 Å². The normalized spacial score (nSPS) is 23.2. The van der Waals surface area contributed by atoms with Gasteiger partial charge in [0.1, 0.15) is 11.9 Å². The second-order valence-electron chi connectivity index (χ2n) is 8.78. The summed E-state index contributed by atoms with van der Waals surface area (Å²) < 4.78 is 8.73. The third kappa shape index (κ3) is 3.98. The highest BCUT2D eigenvalue weighted by Gasteiger charge is 2.32. The number of rotatable bonds is 5. The molecule has 6 nitrogen and oxygen atoms in total. The molecule has 1 aromatic carbocycles. The van der Waals surface area contributed by atoms with Gasteiger partial charge in [-0.05, 0) is 43.4 Å². The second kappa shape index (κ2) is 7.73. The van der Waals surface area contributed by atoms with Crippen molar-refractivity contribution in [3.05, 3.63) is 30.5 Å². The van der Waals surface area contributed by atoms with Gasteiger partial charge in [0.15, 0.2) is 0 Å². The molecule has 29 heavy (non-hydrogen) atoms. The summed E-state index contributed by atoms with van der Waals surface area (Å²) in [5.74, 6) is 1.77. The molecule has 154 valence electrons. The van der Waals surface area contributed by atoms with E-state index >= 15 is 0 Å². The molecule has 1 N–H and O–H groups in total. The Kier molecular flexibility index (Phi) is 4.94. The van der Waals surface area contributed by atoms with Crippen molar-refractivity contribution in [2.45, 2.75) is 51.2 Å². The molecule has 0 bridgehead atoms. The minimum absolute atomic E-state index is 0.00506. The fraction of sp³-hybridized carbons (Fsp3) is 0.565. The molecule has 0 spiro atoms. The molecule has 6 heteroatoms. The van der Waals surface area contributed by atoms with Crippen LogP contribution in [-0.2, 0) is 16.1 Å². The Morgan fingerprint density at radius 1 is 1.10 bits per heavy atom. The molecule has 1 atom stereocenters. The van der Waals surface area contributed by atoms with Crippen LogP contribution in [0.25, 0.3) is 10.9 Å². The van der Waals surface area contributed by atoms with Crippen molar-refractivity contribution in [2.75, 3.05) is 19.6 Å². The number of carbonyl (C=O) groups excluding carboxylic acids is 2. The molecule has 3 fully saturated rings. The van der Waals surface area contributed by atoms with E-state index in [1.807, 2.05) is 4.90 Å². The number of ether oxygens (including phenoxy) is 1. The van der Waals surface area contributed by atoms with Gasteiger partial charge in [0.2, 0.25) is 11.8 Å². The summed E-state index contributed by atoms with van der Waals surface area (Å²) in [5.41, 5.74) is 1.25. The Balaban J connectivity index is 1.20. The summed E-state index contributed by atoms with van der Waals surface area (Å²) in [6, 6.07) is 8.47. The van der Waals surface area contributed by atoms with Crippen molar-refractivity contribution in [2.24, 2.45) is 11.8 Å². The van der Waals surface area contributed by atoms with Crippen molar-refractivity contribution >= 4 is 22.7 Å². The summed E-state index contributed by atoms with van der Waals surface area (Å²) in [6.07, 6.45) is 7.75. The lowest BCUT2D eigenvalue weighted by Gasteiger charge is -2.35. The number of benzene rings is 1. The lowest BCUT2D eigenvalue weighted by atomic mass is 9.94. The Hall–Kier alpha value is -2.50. The maximum absolute atomic E-state index is 12.7. The van der Waals surface area contributed by atoms with Gasteiger partial charge in [0.25, 0.3) is 0 Å². The SMILES string of the molecule is O=C1CC(C(=O)N2CCC(Oc3cccc4c3ccn4CC3CC3)CC2)CCN1. The van der Waals surface area contributed by atoms with Gasteiger partial charge in [0.05, 0.1) is 5.52 Å². The molecular formula is C23H29N3O3. The largest absolute Gasteiger partial charge is 0.490 e. The minimum Gasteiger partial charge on any atom is -0.490 e. The van der Waals surface area contributed by atoms with Crippen molar-refractivity contribution in [1.29, 1.82) is 0 Å². The van der Waals surface area contributed by atoms with Gasteiger partial charge in [-0.2, -0.15) is 0 Å². The van der Waals surface area contributed by atoms with Crippen LogP contribution in [0.3, 0.4) is 0 Å². The summed E-state index contributed by atoms with van der Waals surface area (Å²) in [7, 11) is 0. The number of likely N-dealkylation sites (tertiary alicyclic amines) is 1. The van der Waals surface area contributed by atoms with E-state index < -0.39 is 0 Å². The van der Waals surface area contributed by atoms with E-state index in [-0.39, 0.29) is 23.8 Å². The van der Waals surface area contributed by atoms with Crippen LogP contribution >= 0.6 is 0 Å². The van der Waals surface area contributed by atoms with Gasteiger partial charge >= 0.3 is 0 Å². The zero-order chi connectivity index (χ0) is 19.8. The number of carbonyl (C=O) groups is 2. The van der Waals surface area contributed by atoms with Crippen LogP contribution in [-0.4, -0.2) is 47.0 Å². The summed E-state index contributed by atoms with van der Waals surface area (Å²) in [4.78, 5) is 26.2. The summed E-state index contributed by atoms with van der Waals surface area (Å²) in [6.45, 7) is 3.13. The lowest BCUT2D eigenvalue weighted by Crippen LogP contribution is -2.47. The summed E-state index contributed by atoms with van der Waals surface area (Å²) in [5, 5.41) is 3.98. The third-order valence-corrected chi connectivity index (χ3v) is 6.57. The lowest BCUT2D eigenvalue weighted by molar-refractivity contribution is -0.141. The Morgan fingerprint density at radius 3 is 2.69 bits per heavy atom. The molecule has 1 aromatic heterocycles. The zero-order valence-electron chi connectivity index (χ0n) is 16.8. The number of nitrogens with zero attached hydrogens (tertiary/aromatic N) is 2. The van der Waals surface area contributed by atoms with Crippen LogP contribution in [0.15, 0.2) is 30.5 Å². The molecule has 1 aliphatic carbocycles. The number of amides is 2. The standard InChI is InChI=1S/C23H29N3O3/c27-22-14-17(6-10-24-22)23(28)25-11-7-18(8-12-25)29-21-3-1-2-20-19(21)9-13-26(20)15-16-4-5-16/h1-3,9,13,16-18H,4-8,10-12,14-15H2,(H,24,27). The van der Waals surface area contributed by atoms with E-state index in [1.54, 1.807) is 0 Å². The molecule has 2 saturated heterocycles. The van der Waals surface area contributed by atoms with Crippen LogP contribution in [0.1, 0.15) is 38.5 Å². The quantitative estimate of drug-likeness (QED) is 0.847. The highest BCUT2D eigenvalue weighted by atomic mass is 16.5. The number of hydrogen-bond acceptors (Lipinski definition) is 3. The smallest absolute Gasteiger partial charge is 0.226 e. The van der Waals surface area contributed by atoms with Crippen molar-refractivity contribution < 1.29 is 14.3 Å². The third-order valence-electron chi connectivity index (χ3n) is 6.57. The molecule has 1 saturated carbocycles. The molecule has 2 amide bonds. The maximum atomic E-state index is 12.7. The molecule has 3 heterocycles. The van der Waals surface area contributed by atoms with Gasteiger partial charge in [-0.1, -0.05) is 6.07 Å². The first-order chi connectivity index (χ1) is 14.2. The Bertz CT molecular complexity index is 909. The van der Waals surface area contributed by atoms with Crippen molar-refractivity contribution in [3.8, 4) is 5.75 Å². The minimum atomic E-state index is -0.152. The van der Waals surface area contributed by atoms with Gasteiger partial charge in [-0.3, -0.25) is 9.59 Å². The van der Waals surface area contributed by atoms with Crippen LogP contribution in [0.4, 0.5) is 0 Å². The average Bonchev–Trinajstić information content (AvgIpc) is 3.46. The monoisotopic (exact) mass is 395 g/mol. The van der Waals surface area contributed by atoms with Crippen LogP contribution < -0.4 is 10.1 Å². The fourth-order valence-electron chi connectivity index (χ4n) is 4.66. The van der Waals surface area contributed by atoms with E-state index in [0.29, 0.717) is 26.1 Å². The molecule has 1 unspecified atom stereocenters. The van der Waals surface area contributed by atoms with Crippen LogP contribution in [0, 0.1) is 11.8 Å². The first-order valence-corrected chi connectivity index (χ1v) is 11.0. The number of aromatic nitrogens is 1. The van der Waals surface area contributed by atoms with E-state index in [9.17, 15) is 9.59 Å². The Labute approximate surface area is 171 Å². The Morgan fingerprint density at radius 2 is 1.93 bits per heavy atom. The fourth-order valence-corrected chi connectivity index (χ4v) is 4.66. The highest BCUT2D eigenvalue weighted by molar-refractivity contribution is 5.87. The second-order valence-corrected chi connectivity index (χ2v) is 8.78. The van der Waals surface area contributed by atoms with Gasteiger partial charge in [-0.25, -0.2) is 0 Å². The number of piperidine rings is 2. The molecular weight excluding hydrogens is 366 g/mol. The van der Waals surface area contributed by atoms with Gasteiger partial charge < -0.3 is 19.5 Å². The molecule has 5 rings (SSSR count). The first-order valence-electron chi connectivity index (χ1n) is 11.0.